The Morgan fingerprint density at radius 3 is 2.25 bits per heavy atom. The second kappa shape index (κ2) is 4.74. The summed E-state index contributed by atoms with van der Waals surface area (Å²) < 4.78 is 13.3. The van der Waals surface area contributed by atoms with Crippen molar-refractivity contribution in [2.75, 3.05) is 6.54 Å². The van der Waals surface area contributed by atoms with Crippen molar-refractivity contribution in [1.82, 2.24) is 5.32 Å². The van der Waals surface area contributed by atoms with Gasteiger partial charge in [-0.3, -0.25) is 9.59 Å². The molecule has 5 heteroatoms. The lowest BCUT2D eigenvalue weighted by atomic mass is 10.1. The highest BCUT2D eigenvalue weighted by molar-refractivity contribution is 5.96. The van der Waals surface area contributed by atoms with E-state index in [4.69, 9.17) is 5.11 Å². The average Bonchev–Trinajstić information content (AvgIpc) is 2.21. The molecule has 0 bridgehead atoms. The number of hydrogen-bond donors (Lipinski definition) is 2. The summed E-state index contributed by atoms with van der Waals surface area (Å²) in [5, 5.41) is 10.6. The molecule has 0 radical (unpaired) electrons. The first-order valence-corrected chi connectivity index (χ1v) is 4.68. The number of hydrogen-bond acceptors (Lipinski definition) is 2. The molecular formula is C11H12FNO3. The van der Waals surface area contributed by atoms with E-state index in [2.05, 4.69) is 5.32 Å². The molecule has 0 fully saturated rings. The normalized spacial score (nSPS) is 9.94. The SMILES string of the molecule is Cc1cc(C(=O)NCC(=O)O)cc(C)c1F. The van der Waals surface area contributed by atoms with Crippen LogP contribution in [0.1, 0.15) is 21.5 Å². The smallest absolute Gasteiger partial charge is 0.322 e. The number of carbonyl (C=O) groups is 2. The van der Waals surface area contributed by atoms with Gasteiger partial charge < -0.3 is 10.4 Å². The van der Waals surface area contributed by atoms with Crippen molar-refractivity contribution in [1.29, 1.82) is 0 Å². The van der Waals surface area contributed by atoms with Crippen LogP contribution >= 0.6 is 0 Å². The van der Waals surface area contributed by atoms with Gasteiger partial charge in [-0.25, -0.2) is 4.39 Å². The largest absolute Gasteiger partial charge is 0.480 e. The van der Waals surface area contributed by atoms with E-state index >= 15 is 0 Å². The maximum Gasteiger partial charge on any atom is 0.322 e. The van der Waals surface area contributed by atoms with Gasteiger partial charge in [0.2, 0.25) is 0 Å². The van der Waals surface area contributed by atoms with Crippen LogP contribution in [-0.4, -0.2) is 23.5 Å². The van der Waals surface area contributed by atoms with Gasteiger partial charge in [-0.2, -0.15) is 0 Å². The van der Waals surface area contributed by atoms with Crippen molar-refractivity contribution in [3.8, 4) is 0 Å². The van der Waals surface area contributed by atoms with Crippen molar-refractivity contribution in [3.05, 3.63) is 34.6 Å². The van der Waals surface area contributed by atoms with Crippen LogP contribution in [0.3, 0.4) is 0 Å². The molecule has 0 atom stereocenters. The van der Waals surface area contributed by atoms with Crippen molar-refractivity contribution in [2.45, 2.75) is 13.8 Å². The number of halogens is 1. The zero-order chi connectivity index (χ0) is 12.3. The minimum Gasteiger partial charge on any atom is -0.480 e. The van der Waals surface area contributed by atoms with Gasteiger partial charge in [-0.05, 0) is 37.1 Å². The Morgan fingerprint density at radius 1 is 1.31 bits per heavy atom. The van der Waals surface area contributed by atoms with Gasteiger partial charge >= 0.3 is 5.97 Å². The molecule has 86 valence electrons. The first kappa shape index (κ1) is 12.2. The Morgan fingerprint density at radius 2 is 1.81 bits per heavy atom. The Hall–Kier alpha value is -1.91. The lowest BCUT2D eigenvalue weighted by Crippen LogP contribution is -2.29. The Balaban J connectivity index is 2.88. The Labute approximate surface area is 92.1 Å². The lowest BCUT2D eigenvalue weighted by Gasteiger charge is -2.06. The Kier molecular flexibility index (Phi) is 3.60. The average molecular weight is 225 g/mol. The van der Waals surface area contributed by atoms with E-state index in [0.29, 0.717) is 11.1 Å². The molecular weight excluding hydrogens is 213 g/mol. The third-order valence-corrected chi connectivity index (χ3v) is 2.10. The molecule has 0 aliphatic carbocycles. The van der Waals surface area contributed by atoms with E-state index in [0.717, 1.165) is 0 Å². The van der Waals surface area contributed by atoms with Gasteiger partial charge in [-0.1, -0.05) is 0 Å². The number of carboxylic acids is 1. The molecule has 0 spiro atoms. The second-order valence-corrected chi connectivity index (χ2v) is 3.50. The zero-order valence-corrected chi connectivity index (χ0v) is 9.00. The van der Waals surface area contributed by atoms with Crippen LogP contribution in [0.15, 0.2) is 12.1 Å². The maximum absolute atomic E-state index is 13.3. The van der Waals surface area contributed by atoms with E-state index in [1.807, 2.05) is 0 Å². The molecule has 1 aromatic carbocycles. The van der Waals surface area contributed by atoms with Gasteiger partial charge in [0, 0.05) is 5.56 Å². The quantitative estimate of drug-likeness (QED) is 0.813. The summed E-state index contributed by atoms with van der Waals surface area (Å²) in [5.41, 5.74) is 0.985. The number of carboxylic acid groups (broad SMARTS) is 1. The van der Waals surface area contributed by atoms with Crippen molar-refractivity contribution >= 4 is 11.9 Å². The number of aryl methyl sites for hydroxylation is 2. The molecule has 0 heterocycles. The summed E-state index contributed by atoms with van der Waals surface area (Å²) in [6.07, 6.45) is 0. The highest BCUT2D eigenvalue weighted by Crippen LogP contribution is 2.14. The summed E-state index contributed by atoms with van der Waals surface area (Å²) in [6.45, 7) is 2.65. The summed E-state index contributed by atoms with van der Waals surface area (Å²) in [4.78, 5) is 21.7. The topological polar surface area (TPSA) is 66.4 Å². The maximum atomic E-state index is 13.3. The Bertz CT molecular complexity index is 420. The zero-order valence-electron chi connectivity index (χ0n) is 9.00. The van der Waals surface area contributed by atoms with E-state index in [1.54, 1.807) is 13.8 Å². The molecule has 1 amide bonds. The summed E-state index contributed by atoms with van der Waals surface area (Å²) >= 11 is 0. The third-order valence-electron chi connectivity index (χ3n) is 2.10. The van der Waals surface area contributed by atoms with E-state index < -0.39 is 18.4 Å². The van der Waals surface area contributed by atoms with Crippen molar-refractivity contribution < 1.29 is 19.1 Å². The molecule has 0 aliphatic heterocycles. The fraction of sp³-hybridized carbons (Fsp3) is 0.273. The molecule has 0 unspecified atom stereocenters. The van der Waals surface area contributed by atoms with Crippen LogP contribution in [0.5, 0.6) is 0 Å². The van der Waals surface area contributed by atoms with Crippen LogP contribution in [-0.2, 0) is 4.79 Å². The first-order valence-electron chi connectivity index (χ1n) is 4.68. The standard InChI is InChI=1S/C11H12FNO3/c1-6-3-8(4-7(2)10(6)12)11(16)13-5-9(14)15/h3-4H,5H2,1-2H3,(H,13,16)(H,14,15). The minimum absolute atomic E-state index is 0.262. The molecule has 16 heavy (non-hydrogen) atoms. The third kappa shape index (κ3) is 2.79. The second-order valence-electron chi connectivity index (χ2n) is 3.50. The summed E-state index contributed by atoms with van der Waals surface area (Å²) in [6, 6.07) is 2.78. The van der Waals surface area contributed by atoms with Crippen LogP contribution in [0.25, 0.3) is 0 Å². The van der Waals surface area contributed by atoms with Crippen LogP contribution < -0.4 is 5.32 Å². The predicted octanol–water partition coefficient (Wildman–Crippen LogP) is 1.26. The highest BCUT2D eigenvalue weighted by atomic mass is 19.1. The lowest BCUT2D eigenvalue weighted by molar-refractivity contribution is -0.135. The number of nitrogens with one attached hydrogen (secondary N) is 1. The molecule has 2 N–H and O–H groups in total. The summed E-state index contributed by atoms with van der Waals surface area (Å²) in [7, 11) is 0. The first-order chi connectivity index (χ1) is 7.41. The number of carbonyl (C=O) groups excluding carboxylic acids is 1. The molecule has 0 aliphatic rings. The predicted molar refractivity (Wildman–Crippen MR) is 55.8 cm³/mol. The minimum atomic E-state index is -1.12. The molecule has 1 aromatic rings. The van der Waals surface area contributed by atoms with Gasteiger partial charge in [0.15, 0.2) is 0 Å². The van der Waals surface area contributed by atoms with Crippen LogP contribution in [0.4, 0.5) is 4.39 Å². The molecule has 0 saturated heterocycles. The highest BCUT2D eigenvalue weighted by Gasteiger charge is 2.11. The fourth-order valence-corrected chi connectivity index (χ4v) is 1.33. The van der Waals surface area contributed by atoms with E-state index in [9.17, 15) is 14.0 Å². The molecule has 0 aromatic heterocycles. The van der Waals surface area contributed by atoms with Gasteiger partial charge in [0.05, 0.1) is 0 Å². The number of benzene rings is 1. The van der Waals surface area contributed by atoms with Crippen LogP contribution in [0, 0.1) is 19.7 Å². The number of amides is 1. The molecule has 1 rings (SSSR count). The monoisotopic (exact) mass is 225 g/mol. The van der Waals surface area contributed by atoms with Gasteiger partial charge in [0.1, 0.15) is 12.4 Å². The van der Waals surface area contributed by atoms with Gasteiger partial charge in [0.25, 0.3) is 5.91 Å². The summed E-state index contributed by atoms with van der Waals surface area (Å²) in [5.74, 6) is -1.99. The van der Waals surface area contributed by atoms with Gasteiger partial charge in [-0.15, -0.1) is 0 Å². The van der Waals surface area contributed by atoms with E-state index in [-0.39, 0.29) is 11.4 Å². The van der Waals surface area contributed by atoms with Crippen molar-refractivity contribution in [2.24, 2.45) is 0 Å². The number of rotatable bonds is 3. The molecule has 4 nitrogen and oxygen atoms in total. The number of aliphatic carboxylic acids is 1. The van der Waals surface area contributed by atoms with E-state index in [1.165, 1.54) is 12.1 Å². The van der Waals surface area contributed by atoms with Crippen LogP contribution in [0.2, 0.25) is 0 Å². The molecule has 0 saturated carbocycles. The van der Waals surface area contributed by atoms with Crippen molar-refractivity contribution in [3.63, 3.8) is 0 Å². The fourth-order valence-electron chi connectivity index (χ4n) is 1.33.